The first-order chi connectivity index (χ1) is 8.56. The molecule has 0 saturated carbocycles. The summed E-state index contributed by atoms with van der Waals surface area (Å²) in [6.45, 7) is 2.23. The van der Waals surface area contributed by atoms with Crippen LogP contribution in [0.15, 0.2) is 0 Å². The van der Waals surface area contributed by atoms with Crippen molar-refractivity contribution in [3.8, 4) is 0 Å². The van der Waals surface area contributed by atoms with E-state index < -0.39 is 10.3 Å². The molecule has 106 valence electrons. The van der Waals surface area contributed by atoms with Gasteiger partial charge in [-0.3, -0.25) is 0 Å². The summed E-state index contributed by atoms with van der Waals surface area (Å²) >= 11 is 11.6. The molecule has 2 nitrogen and oxygen atoms in total. The molecule has 1 aliphatic rings. The number of alkyl halides is 2. The molecular formula is C14H24Cl2O2. The van der Waals surface area contributed by atoms with Gasteiger partial charge in [-0.25, -0.2) is 4.79 Å². The zero-order valence-electron chi connectivity index (χ0n) is 11.2. The van der Waals surface area contributed by atoms with Crippen molar-refractivity contribution in [2.45, 2.75) is 81.6 Å². The van der Waals surface area contributed by atoms with E-state index in [9.17, 15) is 4.79 Å². The minimum absolute atomic E-state index is 0.0763. The molecule has 1 saturated heterocycles. The van der Waals surface area contributed by atoms with Gasteiger partial charge in [-0.1, -0.05) is 75.1 Å². The van der Waals surface area contributed by atoms with E-state index in [-0.39, 0.29) is 6.10 Å². The summed E-state index contributed by atoms with van der Waals surface area (Å²) in [4.78, 5) is 11.3. The highest BCUT2D eigenvalue weighted by Gasteiger charge is 2.45. The maximum atomic E-state index is 11.3. The number of rotatable bonds is 9. The summed E-state index contributed by atoms with van der Waals surface area (Å²) in [5.41, 5.74) is 0. The number of carbonyl (C=O) groups excluding carboxylic acids is 1. The molecule has 0 aromatic rings. The van der Waals surface area contributed by atoms with E-state index in [4.69, 9.17) is 27.9 Å². The Morgan fingerprint density at radius 1 is 1.11 bits per heavy atom. The van der Waals surface area contributed by atoms with E-state index in [1.54, 1.807) is 0 Å². The van der Waals surface area contributed by atoms with Gasteiger partial charge >= 0.3 is 5.97 Å². The summed E-state index contributed by atoms with van der Waals surface area (Å²) in [6.07, 6.45) is 11.5. The Bertz CT molecular complexity index is 254. The Hall–Kier alpha value is 0.0500. The molecule has 0 aromatic heterocycles. The first kappa shape index (κ1) is 16.1. The first-order valence-electron chi connectivity index (χ1n) is 7.15. The Balaban J connectivity index is 1.95. The average molecular weight is 295 g/mol. The monoisotopic (exact) mass is 294 g/mol. The lowest BCUT2D eigenvalue weighted by Crippen LogP contribution is -2.18. The third kappa shape index (κ3) is 5.79. The van der Waals surface area contributed by atoms with Crippen LogP contribution in [-0.2, 0) is 9.53 Å². The summed E-state index contributed by atoms with van der Waals surface area (Å²) in [5, 5.41) is 0. The van der Waals surface area contributed by atoms with Crippen LogP contribution in [0, 0.1) is 0 Å². The Morgan fingerprint density at radius 3 is 2.17 bits per heavy atom. The number of carbonyl (C=O) groups is 1. The SMILES string of the molecule is CCCCCCCCCCC1CC(Cl)(Cl)C(=O)O1. The standard InChI is InChI=1S/C14H24Cl2O2/c1-2-3-4-5-6-7-8-9-10-12-11-14(15,16)13(17)18-12/h12H,2-11H2,1H3. The van der Waals surface area contributed by atoms with Crippen molar-refractivity contribution in [1.29, 1.82) is 0 Å². The number of esters is 1. The molecular weight excluding hydrogens is 271 g/mol. The van der Waals surface area contributed by atoms with Gasteiger partial charge in [-0.05, 0) is 12.8 Å². The molecule has 1 fully saturated rings. The van der Waals surface area contributed by atoms with Gasteiger partial charge in [0, 0.05) is 6.42 Å². The summed E-state index contributed by atoms with van der Waals surface area (Å²) in [6, 6.07) is 0. The molecule has 4 heteroatoms. The van der Waals surface area contributed by atoms with Crippen LogP contribution in [0.4, 0.5) is 0 Å². The van der Waals surface area contributed by atoms with Gasteiger partial charge in [0.05, 0.1) is 0 Å². The van der Waals surface area contributed by atoms with Crippen LogP contribution >= 0.6 is 23.2 Å². The molecule has 0 aliphatic carbocycles. The molecule has 0 amide bonds. The Labute approximate surface area is 120 Å². The van der Waals surface area contributed by atoms with Crippen LogP contribution in [0.2, 0.25) is 0 Å². The molecule has 0 spiro atoms. The van der Waals surface area contributed by atoms with Gasteiger partial charge in [-0.2, -0.15) is 0 Å². The van der Waals surface area contributed by atoms with Crippen molar-refractivity contribution in [2.24, 2.45) is 0 Å². The molecule has 0 bridgehead atoms. The predicted molar refractivity (Wildman–Crippen MR) is 76.2 cm³/mol. The highest BCUT2D eigenvalue weighted by molar-refractivity contribution is 6.57. The summed E-state index contributed by atoms with van der Waals surface area (Å²) in [5.74, 6) is -0.476. The zero-order valence-corrected chi connectivity index (χ0v) is 12.7. The van der Waals surface area contributed by atoms with Crippen molar-refractivity contribution < 1.29 is 9.53 Å². The second kappa shape index (κ2) is 8.27. The molecule has 1 atom stereocenters. The van der Waals surface area contributed by atoms with Crippen LogP contribution < -0.4 is 0 Å². The lowest BCUT2D eigenvalue weighted by atomic mass is 10.0. The van der Waals surface area contributed by atoms with Crippen molar-refractivity contribution >= 4 is 29.2 Å². The van der Waals surface area contributed by atoms with Crippen molar-refractivity contribution in [1.82, 2.24) is 0 Å². The number of unbranched alkanes of at least 4 members (excludes halogenated alkanes) is 7. The number of halogens is 2. The van der Waals surface area contributed by atoms with E-state index >= 15 is 0 Å². The lowest BCUT2D eigenvalue weighted by molar-refractivity contribution is -0.142. The molecule has 0 aromatic carbocycles. The van der Waals surface area contributed by atoms with Gasteiger partial charge < -0.3 is 4.74 Å². The maximum absolute atomic E-state index is 11.3. The van der Waals surface area contributed by atoms with Gasteiger partial charge in [0.25, 0.3) is 0 Å². The van der Waals surface area contributed by atoms with Gasteiger partial charge in [0.15, 0.2) is 0 Å². The van der Waals surface area contributed by atoms with E-state index in [1.807, 2.05) is 0 Å². The smallest absolute Gasteiger partial charge is 0.343 e. The van der Waals surface area contributed by atoms with Crippen LogP contribution in [0.3, 0.4) is 0 Å². The molecule has 0 N–H and O–H groups in total. The molecule has 1 unspecified atom stereocenters. The van der Waals surface area contributed by atoms with Crippen molar-refractivity contribution in [3.63, 3.8) is 0 Å². The van der Waals surface area contributed by atoms with Crippen molar-refractivity contribution in [2.75, 3.05) is 0 Å². The van der Waals surface area contributed by atoms with E-state index in [0.717, 1.165) is 12.8 Å². The highest BCUT2D eigenvalue weighted by atomic mass is 35.5. The number of cyclic esters (lactones) is 1. The fourth-order valence-corrected chi connectivity index (χ4v) is 2.75. The fourth-order valence-electron chi connectivity index (χ4n) is 2.32. The molecule has 1 heterocycles. The molecule has 1 aliphatic heterocycles. The quantitative estimate of drug-likeness (QED) is 0.339. The third-order valence-corrected chi connectivity index (χ3v) is 4.05. The summed E-state index contributed by atoms with van der Waals surface area (Å²) in [7, 11) is 0. The maximum Gasteiger partial charge on any atom is 0.343 e. The molecule has 18 heavy (non-hydrogen) atoms. The van der Waals surface area contributed by atoms with Crippen LogP contribution in [0.5, 0.6) is 0 Å². The Morgan fingerprint density at radius 2 is 1.67 bits per heavy atom. The van der Waals surface area contributed by atoms with Crippen LogP contribution in [0.1, 0.15) is 71.1 Å². The van der Waals surface area contributed by atoms with Crippen LogP contribution in [-0.4, -0.2) is 16.4 Å². The average Bonchev–Trinajstić information content (AvgIpc) is 2.56. The van der Waals surface area contributed by atoms with E-state index in [0.29, 0.717) is 6.42 Å². The van der Waals surface area contributed by atoms with Gasteiger partial charge in [0.2, 0.25) is 4.33 Å². The highest BCUT2D eigenvalue weighted by Crippen LogP contribution is 2.37. The summed E-state index contributed by atoms with van der Waals surface area (Å²) < 4.78 is 3.83. The minimum Gasteiger partial charge on any atom is -0.460 e. The number of hydrogen-bond donors (Lipinski definition) is 0. The predicted octanol–water partition coefficient (Wildman–Crippen LogP) is 5.01. The number of ether oxygens (including phenoxy) is 1. The minimum atomic E-state index is -1.30. The van der Waals surface area contributed by atoms with E-state index in [2.05, 4.69) is 6.92 Å². The second-order valence-corrected chi connectivity index (χ2v) is 6.68. The first-order valence-corrected chi connectivity index (χ1v) is 7.91. The normalized spacial score (nSPS) is 22.2. The number of hydrogen-bond acceptors (Lipinski definition) is 2. The zero-order chi connectivity index (χ0) is 13.4. The van der Waals surface area contributed by atoms with Gasteiger partial charge in [0.1, 0.15) is 6.10 Å². The molecule has 0 radical (unpaired) electrons. The molecule has 1 rings (SSSR count). The van der Waals surface area contributed by atoms with E-state index in [1.165, 1.54) is 44.9 Å². The topological polar surface area (TPSA) is 26.3 Å². The third-order valence-electron chi connectivity index (χ3n) is 3.44. The van der Waals surface area contributed by atoms with Gasteiger partial charge in [-0.15, -0.1) is 0 Å². The van der Waals surface area contributed by atoms with Crippen LogP contribution in [0.25, 0.3) is 0 Å². The largest absolute Gasteiger partial charge is 0.460 e. The lowest BCUT2D eigenvalue weighted by Gasteiger charge is -2.08. The van der Waals surface area contributed by atoms with Crippen molar-refractivity contribution in [3.05, 3.63) is 0 Å². The fraction of sp³-hybridized carbons (Fsp3) is 0.929. The second-order valence-electron chi connectivity index (χ2n) is 5.20. The Kier molecular flexibility index (Phi) is 7.40.